The molecule has 0 atom stereocenters. The van der Waals surface area contributed by atoms with Crippen LogP contribution in [0.3, 0.4) is 0 Å². The van der Waals surface area contributed by atoms with Gasteiger partial charge in [-0.15, -0.1) is 0 Å². The van der Waals surface area contributed by atoms with Crippen molar-refractivity contribution in [3.63, 3.8) is 0 Å². The molecule has 0 aliphatic heterocycles. The predicted molar refractivity (Wildman–Crippen MR) is 102 cm³/mol. The summed E-state index contributed by atoms with van der Waals surface area (Å²) in [5.74, 6) is -0.0373. The molecule has 2 heterocycles. The highest BCUT2D eigenvalue weighted by Gasteiger charge is 2.15. The minimum atomic E-state index is -0.0373. The number of nitrogens with zero attached hydrogens (tertiary/aromatic N) is 1. The second-order valence-electron chi connectivity index (χ2n) is 6.85. The zero-order valence-electron chi connectivity index (χ0n) is 14.7. The molecular formula is C21H23N3O2. The normalized spacial score (nSPS) is 14.8. The van der Waals surface area contributed by atoms with E-state index in [0.717, 1.165) is 27.8 Å². The predicted octanol–water partition coefficient (Wildman–Crippen LogP) is 4.20. The molecule has 0 saturated heterocycles. The molecule has 26 heavy (non-hydrogen) atoms. The van der Waals surface area contributed by atoms with Gasteiger partial charge in [0.1, 0.15) is 5.65 Å². The maximum atomic E-state index is 12.3. The Kier molecular flexibility index (Phi) is 4.97. The van der Waals surface area contributed by atoms with Crippen LogP contribution >= 0.6 is 0 Å². The number of hydrogen-bond donors (Lipinski definition) is 2. The molecule has 1 aliphatic carbocycles. The van der Waals surface area contributed by atoms with E-state index >= 15 is 0 Å². The number of ether oxygens (including phenoxy) is 1. The maximum absolute atomic E-state index is 12.3. The molecule has 1 fully saturated rings. The Labute approximate surface area is 152 Å². The average molecular weight is 349 g/mol. The molecule has 0 spiro atoms. The summed E-state index contributed by atoms with van der Waals surface area (Å²) in [5.41, 5.74) is 3.70. The fraction of sp³-hybridized carbons (Fsp3) is 0.333. The van der Waals surface area contributed by atoms with Gasteiger partial charge in [-0.25, -0.2) is 4.98 Å². The Bertz CT molecular complexity index is 880. The van der Waals surface area contributed by atoms with Gasteiger partial charge in [-0.3, -0.25) is 4.79 Å². The number of nitrogens with one attached hydrogen (secondary N) is 2. The Hall–Kier alpha value is -2.66. The fourth-order valence-corrected chi connectivity index (χ4v) is 3.49. The van der Waals surface area contributed by atoms with Crippen LogP contribution in [0.5, 0.6) is 0 Å². The summed E-state index contributed by atoms with van der Waals surface area (Å²) in [4.78, 5) is 19.7. The maximum Gasteiger partial charge on any atom is 0.228 e. The first-order chi connectivity index (χ1) is 12.8. The van der Waals surface area contributed by atoms with Gasteiger partial charge in [-0.2, -0.15) is 0 Å². The van der Waals surface area contributed by atoms with Crippen molar-refractivity contribution in [1.82, 2.24) is 9.97 Å². The highest BCUT2D eigenvalue weighted by molar-refractivity contribution is 5.95. The van der Waals surface area contributed by atoms with E-state index in [0.29, 0.717) is 19.1 Å². The van der Waals surface area contributed by atoms with E-state index < -0.39 is 0 Å². The number of hydrogen-bond acceptors (Lipinski definition) is 3. The highest BCUT2D eigenvalue weighted by atomic mass is 16.5. The van der Waals surface area contributed by atoms with Crippen LogP contribution in [-0.4, -0.2) is 22.0 Å². The van der Waals surface area contributed by atoms with Crippen molar-refractivity contribution in [2.75, 3.05) is 5.32 Å². The zero-order valence-corrected chi connectivity index (χ0v) is 14.7. The van der Waals surface area contributed by atoms with Gasteiger partial charge < -0.3 is 15.0 Å². The Morgan fingerprint density at radius 3 is 2.81 bits per heavy atom. The van der Waals surface area contributed by atoms with Crippen LogP contribution in [0.2, 0.25) is 0 Å². The molecule has 5 heteroatoms. The second kappa shape index (κ2) is 7.70. The number of carbonyl (C=O) groups excluding carboxylic acids is 1. The van der Waals surface area contributed by atoms with Crippen LogP contribution in [0.4, 0.5) is 5.69 Å². The second-order valence-corrected chi connectivity index (χ2v) is 6.85. The number of rotatable bonds is 6. The summed E-state index contributed by atoms with van der Waals surface area (Å²) in [5, 5.41) is 3.94. The van der Waals surface area contributed by atoms with E-state index in [2.05, 4.69) is 15.3 Å². The van der Waals surface area contributed by atoms with E-state index in [9.17, 15) is 4.79 Å². The molecule has 4 rings (SSSR count). The summed E-state index contributed by atoms with van der Waals surface area (Å²) < 4.78 is 5.92. The lowest BCUT2D eigenvalue weighted by Crippen LogP contribution is -2.14. The standard InChI is InChI=1S/C21H23N3O2/c25-20(12-16-13-23-21-19(16)6-3-11-22-21)24-17-9-7-15(8-10-17)14-26-18-4-1-2-5-18/h3,6-11,13,18H,1-2,4-5,12,14H2,(H,22,23)(H,24,25). The van der Waals surface area contributed by atoms with Gasteiger partial charge in [-0.1, -0.05) is 25.0 Å². The van der Waals surface area contributed by atoms with Crippen LogP contribution in [0, 0.1) is 0 Å². The van der Waals surface area contributed by atoms with Crippen molar-refractivity contribution in [3.05, 3.63) is 59.9 Å². The first-order valence-corrected chi connectivity index (χ1v) is 9.19. The van der Waals surface area contributed by atoms with Gasteiger partial charge in [0, 0.05) is 23.5 Å². The molecule has 2 aromatic heterocycles. The van der Waals surface area contributed by atoms with Gasteiger partial charge in [0.2, 0.25) is 5.91 Å². The molecule has 1 saturated carbocycles. The SMILES string of the molecule is O=C(Cc1c[nH]c2ncccc12)Nc1ccc(COC2CCCC2)cc1. The minimum absolute atomic E-state index is 0.0373. The number of anilines is 1. The summed E-state index contributed by atoms with van der Waals surface area (Å²) >= 11 is 0. The Morgan fingerprint density at radius 1 is 1.19 bits per heavy atom. The van der Waals surface area contributed by atoms with Gasteiger partial charge in [0.05, 0.1) is 19.1 Å². The minimum Gasteiger partial charge on any atom is -0.374 e. The van der Waals surface area contributed by atoms with Crippen molar-refractivity contribution in [2.24, 2.45) is 0 Å². The highest BCUT2D eigenvalue weighted by Crippen LogP contribution is 2.22. The quantitative estimate of drug-likeness (QED) is 0.701. The topological polar surface area (TPSA) is 67.0 Å². The van der Waals surface area contributed by atoms with Crippen molar-refractivity contribution >= 4 is 22.6 Å². The molecule has 0 radical (unpaired) electrons. The fourth-order valence-electron chi connectivity index (χ4n) is 3.49. The molecule has 1 amide bonds. The molecular weight excluding hydrogens is 326 g/mol. The molecule has 5 nitrogen and oxygen atoms in total. The van der Waals surface area contributed by atoms with Crippen molar-refractivity contribution in [3.8, 4) is 0 Å². The van der Waals surface area contributed by atoms with Crippen molar-refractivity contribution in [1.29, 1.82) is 0 Å². The number of benzene rings is 1. The van der Waals surface area contributed by atoms with Crippen molar-refractivity contribution in [2.45, 2.75) is 44.8 Å². The summed E-state index contributed by atoms with van der Waals surface area (Å²) in [6.07, 6.45) is 9.24. The van der Waals surface area contributed by atoms with Crippen LogP contribution in [-0.2, 0) is 22.6 Å². The molecule has 134 valence electrons. The van der Waals surface area contributed by atoms with E-state index in [1.807, 2.05) is 42.6 Å². The van der Waals surface area contributed by atoms with E-state index in [-0.39, 0.29) is 5.91 Å². The lowest BCUT2D eigenvalue weighted by atomic mass is 10.1. The number of fused-ring (bicyclic) bond motifs is 1. The summed E-state index contributed by atoms with van der Waals surface area (Å²) in [6, 6.07) is 11.7. The lowest BCUT2D eigenvalue weighted by Gasteiger charge is -2.11. The number of H-pyrrole nitrogens is 1. The molecule has 0 bridgehead atoms. The van der Waals surface area contributed by atoms with E-state index in [1.165, 1.54) is 25.7 Å². The third-order valence-electron chi connectivity index (χ3n) is 4.91. The zero-order chi connectivity index (χ0) is 17.8. The summed E-state index contributed by atoms with van der Waals surface area (Å²) in [6.45, 7) is 0.640. The number of aromatic amines is 1. The molecule has 3 aromatic rings. The average Bonchev–Trinajstić information content (AvgIpc) is 3.32. The van der Waals surface area contributed by atoms with Crippen LogP contribution in [0.1, 0.15) is 36.8 Å². The van der Waals surface area contributed by atoms with Crippen LogP contribution < -0.4 is 5.32 Å². The van der Waals surface area contributed by atoms with Gasteiger partial charge in [-0.05, 0) is 48.2 Å². The monoisotopic (exact) mass is 349 g/mol. The molecule has 2 N–H and O–H groups in total. The third kappa shape index (κ3) is 3.94. The molecule has 1 aliphatic rings. The van der Waals surface area contributed by atoms with E-state index in [4.69, 9.17) is 4.74 Å². The van der Waals surface area contributed by atoms with Crippen LogP contribution in [0.25, 0.3) is 11.0 Å². The van der Waals surface area contributed by atoms with Gasteiger partial charge in [0.25, 0.3) is 0 Å². The van der Waals surface area contributed by atoms with Gasteiger partial charge >= 0.3 is 0 Å². The van der Waals surface area contributed by atoms with Crippen LogP contribution in [0.15, 0.2) is 48.8 Å². The Balaban J connectivity index is 1.32. The number of carbonyl (C=O) groups is 1. The number of aromatic nitrogens is 2. The van der Waals surface area contributed by atoms with E-state index in [1.54, 1.807) is 6.20 Å². The Morgan fingerprint density at radius 2 is 2.00 bits per heavy atom. The van der Waals surface area contributed by atoms with Gasteiger partial charge in [0.15, 0.2) is 0 Å². The summed E-state index contributed by atoms with van der Waals surface area (Å²) in [7, 11) is 0. The molecule has 0 unspecified atom stereocenters. The first kappa shape index (κ1) is 16.8. The number of amides is 1. The largest absolute Gasteiger partial charge is 0.374 e. The first-order valence-electron chi connectivity index (χ1n) is 9.19. The number of pyridine rings is 1. The van der Waals surface area contributed by atoms with Crippen molar-refractivity contribution < 1.29 is 9.53 Å². The third-order valence-corrected chi connectivity index (χ3v) is 4.91. The smallest absolute Gasteiger partial charge is 0.228 e. The lowest BCUT2D eigenvalue weighted by molar-refractivity contribution is -0.115. The molecule has 1 aromatic carbocycles.